The minimum absolute atomic E-state index is 0.0833. The molecule has 0 aromatic carbocycles. The van der Waals surface area contributed by atoms with Crippen LogP contribution >= 0.6 is 0 Å². The van der Waals surface area contributed by atoms with Crippen molar-refractivity contribution in [1.29, 1.82) is 0 Å². The lowest BCUT2D eigenvalue weighted by Crippen LogP contribution is -2.45. The van der Waals surface area contributed by atoms with Gasteiger partial charge >= 0.3 is 0 Å². The first-order valence-corrected chi connectivity index (χ1v) is 8.05. The molecular weight excluding hydrogens is 264 g/mol. The van der Waals surface area contributed by atoms with Crippen molar-refractivity contribution in [2.75, 3.05) is 31.6 Å². The maximum Gasteiger partial charge on any atom is 0.222 e. The third-order valence-corrected chi connectivity index (χ3v) is 4.50. The van der Waals surface area contributed by atoms with Crippen LogP contribution < -0.4 is 5.32 Å². The zero-order valence-electron chi connectivity index (χ0n) is 13.1. The number of nitrogens with one attached hydrogen (secondary N) is 1. The Hall–Kier alpha value is -1.20. The Morgan fingerprint density at radius 2 is 2.05 bits per heavy atom. The molecule has 2 fully saturated rings. The summed E-state index contributed by atoms with van der Waals surface area (Å²) in [6.45, 7) is 8.87. The van der Waals surface area contributed by atoms with Crippen LogP contribution in [0.15, 0.2) is 18.5 Å². The molecule has 0 saturated carbocycles. The van der Waals surface area contributed by atoms with E-state index < -0.39 is 0 Å². The average molecular weight is 290 g/mol. The summed E-state index contributed by atoms with van der Waals surface area (Å²) in [4.78, 5) is 11.0. The number of piperidine rings is 1. The summed E-state index contributed by atoms with van der Waals surface area (Å²) in [5.41, 5.74) is 0.0833. The highest BCUT2D eigenvalue weighted by Crippen LogP contribution is 2.36. The van der Waals surface area contributed by atoms with E-state index in [0.29, 0.717) is 12.0 Å². The Balaban J connectivity index is 1.50. The van der Waals surface area contributed by atoms with Crippen molar-refractivity contribution in [2.24, 2.45) is 5.92 Å². The minimum Gasteiger partial charge on any atom is -0.373 e. The molecule has 1 atom stereocenters. The number of hydrogen-bond acceptors (Lipinski definition) is 5. The number of likely N-dealkylation sites (tertiary alicyclic amines) is 1. The quantitative estimate of drug-likeness (QED) is 0.921. The molecule has 0 amide bonds. The first-order valence-electron chi connectivity index (χ1n) is 8.05. The molecule has 1 aromatic rings. The SMILES string of the molecule is CC(C)CN1CCC2(CC1)C[C@@H](Nc1ncccn1)CO2. The van der Waals surface area contributed by atoms with Gasteiger partial charge in [0.25, 0.3) is 0 Å². The highest BCUT2D eigenvalue weighted by molar-refractivity contribution is 5.25. The predicted octanol–water partition coefficient (Wildman–Crippen LogP) is 2.17. The van der Waals surface area contributed by atoms with Gasteiger partial charge in [0.1, 0.15) is 0 Å². The van der Waals surface area contributed by atoms with E-state index in [9.17, 15) is 0 Å². The summed E-state index contributed by atoms with van der Waals surface area (Å²) in [5.74, 6) is 1.45. The molecule has 0 unspecified atom stereocenters. The van der Waals surface area contributed by atoms with Crippen LogP contribution in [0, 0.1) is 5.92 Å². The van der Waals surface area contributed by atoms with Gasteiger partial charge in [-0.25, -0.2) is 9.97 Å². The molecule has 0 radical (unpaired) electrons. The highest BCUT2D eigenvalue weighted by Gasteiger charge is 2.42. The van der Waals surface area contributed by atoms with Crippen molar-refractivity contribution < 1.29 is 4.74 Å². The van der Waals surface area contributed by atoms with Crippen LogP contribution in [0.3, 0.4) is 0 Å². The molecule has 116 valence electrons. The van der Waals surface area contributed by atoms with Crippen LogP contribution in [-0.2, 0) is 4.74 Å². The Morgan fingerprint density at radius 1 is 1.33 bits per heavy atom. The van der Waals surface area contributed by atoms with Crippen LogP contribution in [0.1, 0.15) is 33.1 Å². The van der Waals surface area contributed by atoms with Crippen molar-refractivity contribution >= 4 is 5.95 Å². The minimum atomic E-state index is 0.0833. The number of ether oxygens (including phenoxy) is 1. The largest absolute Gasteiger partial charge is 0.373 e. The molecule has 3 heterocycles. The standard InChI is InChI=1S/C16H26N4O/c1-13(2)11-20-8-4-16(5-9-20)10-14(12-21-16)19-15-17-6-3-7-18-15/h3,6-7,13-14H,4-5,8-12H2,1-2H3,(H,17,18,19)/t14-/m1/s1. The van der Waals surface area contributed by atoms with Gasteiger partial charge in [0.05, 0.1) is 18.2 Å². The van der Waals surface area contributed by atoms with E-state index >= 15 is 0 Å². The molecule has 3 rings (SSSR count). The Labute approximate surface area is 127 Å². The molecule has 5 nitrogen and oxygen atoms in total. The fourth-order valence-corrected chi connectivity index (χ4v) is 3.50. The van der Waals surface area contributed by atoms with E-state index in [1.54, 1.807) is 12.4 Å². The average Bonchev–Trinajstić information content (AvgIpc) is 2.85. The molecule has 2 saturated heterocycles. The Kier molecular flexibility index (Phi) is 4.40. The van der Waals surface area contributed by atoms with Gasteiger partial charge in [-0.2, -0.15) is 0 Å². The number of aromatic nitrogens is 2. The number of nitrogens with zero attached hydrogens (tertiary/aromatic N) is 3. The third kappa shape index (κ3) is 3.71. The van der Waals surface area contributed by atoms with Crippen molar-refractivity contribution in [1.82, 2.24) is 14.9 Å². The molecule has 1 N–H and O–H groups in total. The van der Waals surface area contributed by atoms with Crippen LogP contribution in [-0.4, -0.2) is 52.8 Å². The van der Waals surface area contributed by atoms with Gasteiger partial charge in [0, 0.05) is 32.0 Å². The summed E-state index contributed by atoms with van der Waals surface area (Å²) < 4.78 is 6.17. The molecule has 0 bridgehead atoms. The second-order valence-corrected chi connectivity index (χ2v) is 6.81. The summed E-state index contributed by atoms with van der Waals surface area (Å²) in [6.07, 6.45) is 6.90. The first-order chi connectivity index (χ1) is 10.2. The van der Waals surface area contributed by atoms with Gasteiger partial charge in [0.15, 0.2) is 0 Å². The molecular formula is C16H26N4O. The molecule has 2 aliphatic heterocycles. The Bertz CT molecular complexity index is 443. The first kappa shape index (κ1) is 14.7. The lowest BCUT2D eigenvalue weighted by atomic mass is 9.87. The van der Waals surface area contributed by atoms with E-state index in [-0.39, 0.29) is 5.60 Å². The van der Waals surface area contributed by atoms with Crippen LogP contribution in [0.5, 0.6) is 0 Å². The number of rotatable bonds is 4. The molecule has 5 heteroatoms. The van der Waals surface area contributed by atoms with Crippen molar-refractivity contribution in [3.63, 3.8) is 0 Å². The second-order valence-electron chi connectivity index (χ2n) is 6.81. The van der Waals surface area contributed by atoms with E-state index in [0.717, 1.165) is 44.9 Å². The summed E-state index contributed by atoms with van der Waals surface area (Å²) in [5, 5.41) is 3.40. The molecule has 1 aromatic heterocycles. The zero-order chi connectivity index (χ0) is 14.7. The zero-order valence-corrected chi connectivity index (χ0v) is 13.1. The van der Waals surface area contributed by atoms with Crippen molar-refractivity contribution in [2.45, 2.75) is 44.8 Å². The van der Waals surface area contributed by atoms with Crippen LogP contribution in [0.2, 0.25) is 0 Å². The number of anilines is 1. The lowest BCUT2D eigenvalue weighted by molar-refractivity contribution is -0.0449. The fraction of sp³-hybridized carbons (Fsp3) is 0.750. The van der Waals surface area contributed by atoms with Gasteiger partial charge in [-0.3, -0.25) is 0 Å². The summed E-state index contributed by atoms with van der Waals surface area (Å²) >= 11 is 0. The Morgan fingerprint density at radius 3 is 2.71 bits per heavy atom. The van der Waals surface area contributed by atoms with E-state index in [1.807, 2.05) is 6.07 Å². The second kappa shape index (κ2) is 6.28. The van der Waals surface area contributed by atoms with Crippen molar-refractivity contribution in [3.05, 3.63) is 18.5 Å². The van der Waals surface area contributed by atoms with Crippen LogP contribution in [0.25, 0.3) is 0 Å². The predicted molar refractivity (Wildman–Crippen MR) is 83.3 cm³/mol. The topological polar surface area (TPSA) is 50.3 Å². The van der Waals surface area contributed by atoms with Gasteiger partial charge in [0.2, 0.25) is 5.95 Å². The van der Waals surface area contributed by atoms with Gasteiger partial charge in [-0.05, 0) is 31.2 Å². The summed E-state index contributed by atoms with van der Waals surface area (Å²) in [7, 11) is 0. The van der Waals surface area contributed by atoms with Crippen molar-refractivity contribution in [3.8, 4) is 0 Å². The van der Waals surface area contributed by atoms with Gasteiger partial charge in [-0.15, -0.1) is 0 Å². The molecule has 2 aliphatic rings. The monoisotopic (exact) mass is 290 g/mol. The third-order valence-electron chi connectivity index (χ3n) is 4.50. The maximum atomic E-state index is 6.17. The smallest absolute Gasteiger partial charge is 0.222 e. The van der Waals surface area contributed by atoms with Gasteiger partial charge < -0.3 is 15.0 Å². The molecule has 21 heavy (non-hydrogen) atoms. The lowest BCUT2D eigenvalue weighted by Gasteiger charge is -2.39. The maximum absolute atomic E-state index is 6.17. The summed E-state index contributed by atoms with van der Waals surface area (Å²) in [6, 6.07) is 2.17. The van der Waals surface area contributed by atoms with E-state index in [2.05, 4.69) is 34.0 Å². The normalized spacial score (nSPS) is 25.6. The number of hydrogen-bond donors (Lipinski definition) is 1. The van der Waals surface area contributed by atoms with E-state index in [4.69, 9.17) is 4.74 Å². The van der Waals surface area contributed by atoms with E-state index in [1.165, 1.54) is 6.54 Å². The molecule has 1 spiro atoms. The highest BCUT2D eigenvalue weighted by atomic mass is 16.5. The van der Waals surface area contributed by atoms with Crippen LogP contribution in [0.4, 0.5) is 5.95 Å². The molecule has 0 aliphatic carbocycles. The fourth-order valence-electron chi connectivity index (χ4n) is 3.50. The van der Waals surface area contributed by atoms with Gasteiger partial charge in [-0.1, -0.05) is 13.8 Å².